The van der Waals surface area contributed by atoms with Crippen LogP contribution >= 0.6 is 0 Å². The number of primary amides is 1. The second-order valence-corrected chi connectivity index (χ2v) is 1.11. The Labute approximate surface area is 42.0 Å². The van der Waals surface area contributed by atoms with Gasteiger partial charge in [-0.3, -0.25) is 4.79 Å². The van der Waals surface area contributed by atoms with Crippen LogP contribution in [0.2, 0.25) is 0 Å². The second-order valence-electron chi connectivity index (χ2n) is 1.11. The molecule has 0 aliphatic carbocycles. The van der Waals surface area contributed by atoms with Crippen molar-refractivity contribution in [3.63, 3.8) is 0 Å². The van der Waals surface area contributed by atoms with Gasteiger partial charge in [0.15, 0.2) is 0 Å². The molecule has 1 amide bonds. The fourth-order valence-electron chi connectivity index (χ4n) is 0.142. The fourth-order valence-corrected chi connectivity index (χ4v) is 0.142. The summed E-state index contributed by atoms with van der Waals surface area (Å²) in [6.07, 6.45) is 1.46. The van der Waals surface area contributed by atoms with Crippen molar-refractivity contribution < 1.29 is 4.79 Å². The van der Waals surface area contributed by atoms with Gasteiger partial charge in [0, 0.05) is 0 Å². The molecule has 0 aliphatic rings. The lowest BCUT2D eigenvalue weighted by Crippen LogP contribution is -2.19. The fraction of sp³-hybridized carbons (Fsp3) is 0.250. The number of nitrogens with two attached hydrogens (primary N) is 2. The Morgan fingerprint density at radius 1 is 1.57 bits per heavy atom. The van der Waals surface area contributed by atoms with E-state index < -0.39 is 5.91 Å². The quantitative estimate of drug-likeness (QED) is 0.429. The number of carbonyl (C=O) groups excluding carboxylic acids is 1. The predicted molar refractivity (Wildman–Crippen MR) is 27.1 cm³/mol. The third-order valence-corrected chi connectivity index (χ3v) is 0.596. The van der Waals surface area contributed by atoms with Crippen LogP contribution in [0.25, 0.3) is 0 Å². The van der Waals surface area contributed by atoms with Crippen molar-refractivity contribution in [2.45, 2.75) is 6.92 Å². The Bertz CT molecular complexity index is 106. The maximum absolute atomic E-state index is 9.96. The minimum absolute atomic E-state index is 0.111. The Morgan fingerprint density at radius 2 is 2.00 bits per heavy atom. The molecular formula is C4H8N2O. The molecule has 3 heteroatoms. The average Bonchev–Trinajstić information content (AvgIpc) is 1.65. The number of hydrogen-bond acceptors (Lipinski definition) is 2. The number of rotatable bonds is 1. The molecule has 0 aromatic carbocycles. The molecule has 0 radical (unpaired) electrons. The number of hydrogen-bond donors (Lipinski definition) is 2. The van der Waals surface area contributed by atoms with E-state index in [4.69, 9.17) is 11.5 Å². The summed E-state index contributed by atoms with van der Waals surface area (Å²) < 4.78 is 0. The molecule has 3 nitrogen and oxygen atoms in total. The van der Waals surface area contributed by atoms with Crippen LogP contribution in [0.1, 0.15) is 6.92 Å². The van der Waals surface area contributed by atoms with Crippen LogP contribution in [0, 0.1) is 0 Å². The van der Waals surface area contributed by atoms with E-state index in [1.165, 1.54) is 6.08 Å². The van der Waals surface area contributed by atoms with Gasteiger partial charge in [-0.15, -0.1) is 0 Å². The largest absolute Gasteiger partial charge is 0.395 e. The molecule has 0 heterocycles. The minimum Gasteiger partial charge on any atom is -0.395 e. The molecule has 0 aromatic heterocycles. The van der Waals surface area contributed by atoms with Crippen molar-refractivity contribution in [2.24, 2.45) is 11.5 Å². The standard InChI is InChI=1S/C4H8N2O/c1-2-3(5)4(6)7/h2H,5H2,1H3,(H2,6,7)/b3-2+. The lowest BCUT2D eigenvalue weighted by atomic mass is 10.4. The molecule has 0 aliphatic heterocycles. The van der Waals surface area contributed by atoms with E-state index in [0.29, 0.717) is 0 Å². The molecule has 0 bridgehead atoms. The van der Waals surface area contributed by atoms with Gasteiger partial charge in [0.2, 0.25) is 0 Å². The van der Waals surface area contributed by atoms with Crippen LogP contribution < -0.4 is 11.5 Å². The van der Waals surface area contributed by atoms with Gasteiger partial charge in [0.25, 0.3) is 5.91 Å². The van der Waals surface area contributed by atoms with Gasteiger partial charge in [-0.25, -0.2) is 0 Å². The first-order valence-corrected chi connectivity index (χ1v) is 1.90. The predicted octanol–water partition coefficient (Wildman–Crippen LogP) is -0.666. The van der Waals surface area contributed by atoms with Gasteiger partial charge in [-0.1, -0.05) is 6.08 Å². The van der Waals surface area contributed by atoms with E-state index in [9.17, 15) is 4.79 Å². The number of amides is 1. The zero-order valence-corrected chi connectivity index (χ0v) is 4.14. The molecular weight excluding hydrogens is 92.1 g/mol. The molecule has 0 rings (SSSR count). The Balaban J connectivity index is 3.82. The lowest BCUT2D eigenvalue weighted by molar-refractivity contribution is -0.114. The summed E-state index contributed by atoms with van der Waals surface area (Å²) in [7, 11) is 0. The molecule has 0 aromatic rings. The number of carbonyl (C=O) groups is 1. The highest BCUT2D eigenvalue weighted by Crippen LogP contribution is 1.75. The smallest absolute Gasteiger partial charge is 0.264 e. The highest BCUT2D eigenvalue weighted by atomic mass is 16.1. The summed E-state index contributed by atoms with van der Waals surface area (Å²) in [5.41, 5.74) is 9.83. The highest BCUT2D eigenvalue weighted by molar-refractivity contribution is 5.90. The van der Waals surface area contributed by atoms with Gasteiger partial charge >= 0.3 is 0 Å². The molecule has 0 saturated heterocycles. The van der Waals surface area contributed by atoms with E-state index in [2.05, 4.69) is 0 Å². The first-order valence-electron chi connectivity index (χ1n) is 1.90. The van der Waals surface area contributed by atoms with E-state index in [0.717, 1.165) is 0 Å². The molecule has 0 unspecified atom stereocenters. The van der Waals surface area contributed by atoms with Gasteiger partial charge in [0.1, 0.15) is 0 Å². The van der Waals surface area contributed by atoms with Crippen LogP contribution in [0.15, 0.2) is 11.8 Å². The summed E-state index contributed by atoms with van der Waals surface area (Å²) in [5, 5.41) is 0. The van der Waals surface area contributed by atoms with Gasteiger partial charge in [0.05, 0.1) is 5.70 Å². The highest BCUT2D eigenvalue weighted by Gasteiger charge is 1.91. The van der Waals surface area contributed by atoms with Crippen molar-refractivity contribution in [1.29, 1.82) is 0 Å². The molecule has 40 valence electrons. The summed E-state index contributed by atoms with van der Waals surface area (Å²) >= 11 is 0. The average molecular weight is 100 g/mol. The topological polar surface area (TPSA) is 69.1 Å². The summed E-state index contributed by atoms with van der Waals surface area (Å²) in [5.74, 6) is -0.567. The monoisotopic (exact) mass is 100 g/mol. The maximum Gasteiger partial charge on any atom is 0.264 e. The minimum atomic E-state index is -0.567. The molecule has 4 N–H and O–H groups in total. The maximum atomic E-state index is 9.96. The van der Waals surface area contributed by atoms with E-state index in [-0.39, 0.29) is 5.70 Å². The molecule has 0 spiro atoms. The van der Waals surface area contributed by atoms with Crippen LogP contribution in [0.5, 0.6) is 0 Å². The molecule has 0 saturated carbocycles. The van der Waals surface area contributed by atoms with Crippen molar-refractivity contribution in [3.05, 3.63) is 11.8 Å². The van der Waals surface area contributed by atoms with Gasteiger partial charge < -0.3 is 11.5 Å². The van der Waals surface area contributed by atoms with Crippen molar-refractivity contribution in [2.75, 3.05) is 0 Å². The van der Waals surface area contributed by atoms with E-state index in [1.54, 1.807) is 6.92 Å². The first-order chi connectivity index (χ1) is 3.18. The third kappa shape index (κ3) is 1.81. The van der Waals surface area contributed by atoms with E-state index in [1.807, 2.05) is 0 Å². The second kappa shape index (κ2) is 2.23. The molecule has 0 atom stereocenters. The van der Waals surface area contributed by atoms with Crippen molar-refractivity contribution in [3.8, 4) is 0 Å². The zero-order chi connectivity index (χ0) is 5.86. The molecule has 7 heavy (non-hydrogen) atoms. The van der Waals surface area contributed by atoms with Crippen molar-refractivity contribution >= 4 is 5.91 Å². The Hall–Kier alpha value is -0.990. The normalized spacial score (nSPS) is 11.3. The van der Waals surface area contributed by atoms with Crippen LogP contribution in [0.3, 0.4) is 0 Å². The lowest BCUT2D eigenvalue weighted by Gasteiger charge is -1.86. The Morgan fingerprint density at radius 3 is 2.00 bits per heavy atom. The van der Waals surface area contributed by atoms with Gasteiger partial charge in [-0.2, -0.15) is 0 Å². The van der Waals surface area contributed by atoms with Crippen LogP contribution in [-0.4, -0.2) is 5.91 Å². The summed E-state index contributed by atoms with van der Waals surface area (Å²) in [4.78, 5) is 9.96. The third-order valence-electron chi connectivity index (χ3n) is 0.596. The molecule has 0 fully saturated rings. The van der Waals surface area contributed by atoms with Crippen LogP contribution in [0.4, 0.5) is 0 Å². The number of allylic oxidation sites excluding steroid dienone is 1. The zero-order valence-electron chi connectivity index (χ0n) is 4.14. The SMILES string of the molecule is C/C=C(/N)C(N)=O. The summed E-state index contributed by atoms with van der Waals surface area (Å²) in [6.45, 7) is 1.65. The van der Waals surface area contributed by atoms with Crippen molar-refractivity contribution in [1.82, 2.24) is 0 Å². The van der Waals surface area contributed by atoms with Gasteiger partial charge in [-0.05, 0) is 6.92 Å². The van der Waals surface area contributed by atoms with E-state index >= 15 is 0 Å². The van der Waals surface area contributed by atoms with Crippen LogP contribution in [-0.2, 0) is 4.79 Å². The summed E-state index contributed by atoms with van der Waals surface area (Å²) in [6, 6.07) is 0. The Kier molecular flexibility index (Phi) is 1.91. The first kappa shape index (κ1) is 6.01.